The van der Waals surface area contributed by atoms with E-state index in [0.717, 1.165) is 32.1 Å². The standard InChI is InChI=1S/C32H48O5/c1-19(2)20(3)9-10-21(4)25-11-12-26-29-27(14-15-30(25,26)7)31(8)16-13-24(36-22(5)33)17-32(31,18-28(29)35)37-23(6)34/h9-10,14,19-21,24-26,29H,11-13,15-18H2,1-8H3/b10-9+/t20-,21+,24+,25-,26+,29-,30-,31+,32-/m0/s1. The van der Waals surface area contributed by atoms with Crippen LogP contribution in [0, 0.1) is 46.3 Å². The molecule has 37 heavy (non-hydrogen) atoms. The summed E-state index contributed by atoms with van der Waals surface area (Å²) in [6.07, 6.45) is 12.1. The zero-order chi connectivity index (χ0) is 27.3. The first-order valence-electron chi connectivity index (χ1n) is 14.5. The van der Waals surface area contributed by atoms with Crippen LogP contribution in [0.2, 0.25) is 0 Å². The molecule has 0 heterocycles. The van der Waals surface area contributed by atoms with Gasteiger partial charge in [0.15, 0.2) is 0 Å². The number of Topliss-reactive ketones (excluding diaryl/α,β-unsaturated/α-hetero) is 1. The molecular weight excluding hydrogens is 464 g/mol. The van der Waals surface area contributed by atoms with Gasteiger partial charge in [-0.2, -0.15) is 0 Å². The molecule has 0 radical (unpaired) electrons. The second kappa shape index (κ2) is 10.0. The van der Waals surface area contributed by atoms with Gasteiger partial charge in [-0.05, 0) is 67.1 Å². The molecule has 0 aromatic rings. The van der Waals surface area contributed by atoms with Crippen LogP contribution in [0.4, 0.5) is 0 Å². The SMILES string of the molecule is CC(=O)O[C@@H]1CC[C@]2(C)C3=CC[C@]4(C)[C@H](CC[C@H]4[C@H](C)/C=C/[C@H](C)C(C)C)[C@@H]3C(=O)C[C@@]2(OC(C)=O)C1. The van der Waals surface area contributed by atoms with Crippen LogP contribution < -0.4 is 0 Å². The fourth-order valence-corrected chi connectivity index (χ4v) is 8.59. The highest BCUT2D eigenvalue weighted by atomic mass is 16.6. The number of carbonyl (C=O) groups is 3. The van der Waals surface area contributed by atoms with E-state index in [9.17, 15) is 14.4 Å². The van der Waals surface area contributed by atoms with Gasteiger partial charge in [-0.1, -0.05) is 65.3 Å². The largest absolute Gasteiger partial charge is 0.462 e. The molecule has 0 N–H and O–H groups in total. The minimum Gasteiger partial charge on any atom is -0.462 e. The second-order valence-electron chi connectivity index (χ2n) is 13.5. The number of esters is 2. The Morgan fingerprint density at radius 1 is 1.03 bits per heavy atom. The monoisotopic (exact) mass is 512 g/mol. The molecule has 0 unspecified atom stereocenters. The number of ether oxygens (including phenoxy) is 2. The number of rotatable bonds is 6. The lowest BCUT2D eigenvalue weighted by molar-refractivity contribution is -0.200. The smallest absolute Gasteiger partial charge is 0.303 e. The molecule has 206 valence electrons. The lowest BCUT2D eigenvalue weighted by atomic mass is 9.46. The molecule has 5 heteroatoms. The molecule has 0 aromatic heterocycles. The quantitative estimate of drug-likeness (QED) is 0.288. The molecule has 0 saturated heterocycles. The van der Waals surface area contributed by atoms with Gasteiger partial charge in [0.1, 0.15) is 17.5 Å². The van der Waals surface area contributed by atoms with Crippen molar-refractivity contribution in [1.29, 1.82) is 0 Å². The fourth-order valence-electron chi connectivity index (χ4n) is 8.59. The number of hydrogen-bond acceptors (Lipinski definition) is 5. The molecule has 3 saturated carbocycles. The minimum absolute atomic E-state index is 0.0847. The van der Waals surface area contributed by atoms with Gasteiger partial charge in [-0.3, -0.25) is 14.4 Å². The van der Waals surface area contributed by atoms with E-state index < -0.39 is 11.0 Å². The van der Waals surface area contributed by atoms with Crippen LogP contribution in [0.5, 0.6) is 0 Å². The lowest BCUT2D eigenvalue weighted by Gasteiger charge is -2.60. The molecule has 0 aliphatic heterocycles. The van der Waals surface area contributed by atoms with Crippen LogP contribution in [0.3, 0.4) is 0 Å². The van der Waals surface area contributed by atoms with Crippen LogP contribution in [0.1, 0.15) is 100 Å². The molecule has 4 aliphatic carbocycles. The predicted octanol–water partition coefficient (Wildman–Crippen LogP) is 6.85. The van der Waals surface area contributed by atoms with Crippen molar-refractivity contribution in [3.63, 3.8) is 0 Å². The van der Waals surface area contributed by atoms with E-state index >= 15 is 0 Å². The van der Waals surface area contributed by atoms with E-state index in [1.807, 2.05) is 0 Å². The summed E-state index contributed by atoms with van der Waals surface area (Å²) in [6, 6.07) is 0. The van der Waals surface area contributed by atoms with Gasteiger partial charge in [0.2, 0.25) is 0 Å². The van der Waals surface area contributed by atoms with Gasteiger partial charge in [0, 0.05) is 38.0 Å². The summed E-state index contributed by atoms with van der Waals surface area (Å²) in [7, 11) is 0. The Hall–Kier alpha value is -1.91. The Balaban J connectivity index is 1.67. The molecule has 9 atom stereocenters. The van der Waals surface area contributed by atoms with Crippen molar-refractivity contribution in [2.75, 3.05) is 0 Å². The predicted molar refractivity (Wildman–Crippen MR) is 144 cm³/mol. The van der Waals surface area contributed by atoms with Crippen molar-refractivity contribution < 1.29 is 23.9 Å². The Labute approximate surface area is 223 Å². The number of hydrogen-bond donors (Lipinski definition) is 0. The average Bonchev–Trinajstić information content (AvgIpc) is 3.14. The third-order valence-corrected chi connectivity index (χ3v) is 11.0. The Kier molecular flexibility index (Phi) is 7.60. The van der Waals surface area contributed by atoms with Crippen LogP contribution in [-0.4, -0.2) is 29.4 Å². The molecule has 4 aliphatic rings. The van der Waals surface area contributed by atoms with Crippen LogP contribution in [0.25, 0.3) is 0 Å². The molecule has 0 spiro atoms. The fraction of sp³-hybridized carbons (Fsp3) is 0.781. The van der Waals surface area contributed by atoms with Gasteiger partial charge in [0.05, 0.1) is 0 Å². The van der Waals surface area contributed by atoms with Crippen molar-refractivity contribution in [3.8, 4) is 0 Å². The maximum Gasteiger partial charge on any atom is 0.303 e. The molecule has 0 aromatic carbocycles. The zero-order valence-corrected chi connectivity index (χ0v) is 24.3. The van der Waals surface area contributed by atoms with E-state index in [-0.39, 0.29) is 41.6 Å². The number of fused-ring (bicyclic) bond motifs is 5. The Morgan fingerprint density at radius 2 is 1.73 bits per heavy atom. The highest BCUT2D eigenvalue weighted by Crippen LogP contribution is 2.67. The van der Waals surface area contributed by atoms with E-state index in [1.165, 1.54) is 19.4 Å². The summed E-state index contributed by atoms with van der Waals surface area (Å²) in [5.74, 6) is 1.91. The third kappa shape index (κ3) is 4.74. The average molecular weight is 513 g/mol. The van der Waals surface area contributed by atoms with Gasteiger partial charge < -0.3 is 9.47 Å². The van der Waals surface area contributed by atoms with Crippen LogP contribution >= 0.6 is 0 Å². The number of ketones is 1. The highest BCUT2D eigenvalue weighted by molar-refractivity contribution is 5.88. The van der Waals surface area contributed by atoms with Gasteiger partial charge >= 0.3 is 11.9 Å². The lowest BCUT2D eigenvalue weighted by Crippen LogP contribution is -2.63. The summed E-state index contributed by atoms with van der Waals surface area (Å²) in [5.41, 5.74) is -0.107. The molecule has 3 fully saturated rings. The van der Waals surface area contributed by atoms with Crippen molar-refractivity contribution >= 4 is 17.7 Å². The minimum atomic E-state index is -0.953. The Bertz CT molecular complexity index is 993. The van der Waals surface area contributed by atoms with Crippen molar-refractivity contribution in [2.24, 2.45) is 46.3 Å². The van der Waals surface area contributed by atoms with E-state index in [2.05, 4.69) is 59.8 Å². The van der Waals surface area contributed by atoms with Crippen molar-refractivity contribution in [3.05, 3.63) is 23.8 Å². The first kappa shape index (κ1) is 28.1. The van der Waals surface area contributed by atoms with Crippen LogP contribution in [-0.2, 0) is 23.9 Å². The summed E-state index contributed by atoms with van der Waals surface area (Å²) >= 11 is 0. The van der Waals surface area contributed by atoms with E-state index in [0.29, 0.717) is 36.0 Å². The first-order chi connectivity index (χ1) is 17.2. The summed E-state index contributed by atoms with van der Waals surface area (Å²) < 4.78 is 11.7. The summed E-state index contributed by atoms with van der Waals surface area (Å²) in [6.45, 7) is 16.6. The van der Waals surface area contributed by atoms with Crippen molar-refractivity contribution in [1.82, 2.24) is 0 Å². The van der Waals surface area contributed by atoms with Gasteiger partial charge in [-0.25, -0.2) is 0 Å². The highest BCUT2D eigenvalue weighted by Gasteiger charge is 2.66. The molecule has 0 bridgehead atoms. The first-order valence-corrected chi connectivity index (χ1v) is 14.5. The molecule has 0 amide bonds. The van der Waals surface area contributed by atoms with Crippen molar-refractivity contribution in [2.45, 2.75) is 112 Å². The second-order valence-corrected chi connectivity index (χ2v) is 13.5. The van der Waals surface area contributed by atoms with Gasteiger partial charge in [0.25, 0.3) is 0 Å². The molecular formula is C32H48O5. The van der Waals surface area contributed by atoms with E-state index in [4.69, 9.17) is 9.47 Å². The number of allylic oxidation sites excluding steroid dienone is 3. The maximum atomic E-state index is 14.0. The number of carbonyl (C=O) groups excluding carboxylic acids is 3. The third-order valence-electron chi connectivity index (χ3n) is 11.0. The van der Waals surface area contributed by atoms with Gasteiger partial charge in [-0.15, -0.1) is 0 Å². The molecule has 5 nitrogen and oxygen atoms in total. The van der Waals surface area contributed by atoms with Crippen LogP contribution in [0.15, 0.2) is 23.8 Å². The summed E-state index contributed by atoms with van der Waals surface area (Å²) in [5, 5.41) is 0. The normalized spacial score (nSPS) is 40.9. The Morgan fingerprint density at radius 3 is 2.35 bits per heavy atom. The molecule has 4 rings (SSSR count). The topological polar surface area (TPSA) is 69.7 Å². The maximum absolute atomic E-state index is 14.0. The van der Waals surface area contributed by atoms with E-state index in [1.54, 1.807) is 0 Å². The zero-order valence-electron chi connectivity index (χ0n) is 24.3. The summed E-state index contributed by atoms with van der Waals surface area (Å²) in [4.78, 5) is 38.1.